The molecule has 0 aromatic carbocycles. The van der Waals surface area contributed by atoms with E-state index in [4.69, 9.17) is 5.73 Å². The van der Waals surface area contributed by atoms with Crippen molar-refractivity contribution in [1.29, 1.82) is 0 Å². The molecule has 3 N–H and O–H groups in total. The number of amides is 1. The van der Waals surface area contributed by atoms with Gasteiger partial charge in [-0.25, -0.2) is 0 Å². The summed E-state index contributed by atoms with van der Waals surface area (Å²) in [7, 11) is 0. The van der Waals surface area contributed by atoms with Crippen LogP contribution in [0.15, 0.2) is 10.8 Å². The van der Waals surface area contributed by atoms with Gasteiger partial charge in [0.15, 0.2) is 0 Å². The summed E-state index contributed by atoms with van der Waals surface area (Å²) in [5, 5.41) is 6.87. The van der Waals surface area contributed by atoms with Gasteiger partial charge in [0.1, 0.15) is 0 Å². The van der Waals surface area contributed by atoms with Crippen molar-refractivity contribution < 1.29 is 4.79 Å². The van der Waals surface area contributed by atoms with E-state index in [2.05, 4.69) is 10.7 Å². The number of carbonyl (C=O) groups excluding carboxylic acids is 1. The molecule has 0 fully saturated rings. The van der Waals surface area contributed by atoms with Crippen molar-refractivity contribution >= 4 is 17.2 Å². The van der Waals surface area contributed by atoms with Crippen molar-refractivity contribution in [3.05, 3.63) is 21.9 Å². The molecule has 0 bridgehead atoms. The Morgan fingerprint density at radius 2 is 2.38 bits per heavy atom. The third-order valence-corrected chi connectivity index (χ3v) is 2.74. The summed E-state index contributed by atoms with van der Waals surface area (Å²) in [6.07, 6.45) is 0. The van der Waals surface area contributed by atoms with E-state index in [9.17, 15) is 4.79 Å². The molecule has 13 heavy (non-hydrogen) atoms. The summed E-state index contributed by atoms with van der Waals surface area (Å²) >= 11 is 1.64. The average Bonchev–Trinajstić information content (AvgIpc) is 2.47. The van der Waals surface area contributed by atoms with Crippen molar-refractivity contribution in [2.45, 2.75) is 26.4 Å². The molecule has 0 aliphatic carbocycles. The summed E-state index contributed by atoms with van der Waals surface area (Å²) in [6.45, 7) is 4.29. The largest absolute Gasteiger partial charge is 0.351 e. The third-order valence-electron chi connectivity index (χ3n) is 1.83. The van der Waals surface area contributed by atoms with Gasteiger partial charge in [-0.2, -0.15) is 11.3 Å². The number of carbonyl (C=O) groups is 1. The van der Waals surface area contributed by atoms with E-state index in [0.29, 0.717) is 6.54 Å². The molecule has 1 atom stereocenters. The topological polar surface area (TPSA) is 55.1 Å². The highest BCUT2D eigenvalue weighted by Crippen LogP contribution is 2.12. The van der Waals surface area contributed by atoms with E-state index < -0.39 is 6.04 Å². The quantitative estimate of drug-likeness (QED) is 0.762. The second-order valence-electron chi connectivity index (χ2n) is 3.09. The zero-order valence-electron chi connectivity index (χ0n) is 7.83. The van der Waals surface area contributed by atoms with Crippen molar-refractivity contribution in [3.63, 3.8) is 0 Å². The fraction of sp³-hybridized carbons (Fsp3) is 0.444. The number of thiophene rings is 1. The lowest BCUT2D eigenvalue weighted by atomic mass is 10.2. The van der Waals surface area contributed by atoms with Gasteiger partial charge in [0.25, 0.3) is 0 Å². The van der Waals surface area contributed by atoms with Gasteiger partial charge in [0.05, 0.1) is 6.04 Å². The van der Waals surface area contributed by atoms with Crippen LogP contribution >= 0.6 is 11.3 Å². The molecule has 0 aliphatic rings. The van der Waals surface area contributed by atoms with Gasteiger partial charge in [0.2, 0.25) is 5.91 Å². The van der Waals surface area contributed by atoms with E-state index in [1.165, 1.54) is 11.1 Å². The number of nitrogens with one attached hydrogen (secondary N) is 1. The molecule has 0 saturated heterocycles. The molecular weight excluding hydrogens is 184 g/mol. The zero-order valence-corrected chi connectivity index (χ0v) is 8.65. The molecule has 0 unspecified atom stereocenters. The average molecular weight is 198 g/mol. The van der Waals surface area contributed by atoms with Gasteiger partial charge >= 0.3 is 0 Å². The number of aryl methyl sites for hydroxylation is 1. The van der Waals surface area contributed by atoms with E-state index in [0.717, 1.165) is 0 Å². The molecular formula is C9H14N2OS. The molecule has 1 amide bonds. The lowest BCUT2D eigenvalue weighted by molar-refractivity contribution is -0.122. The summed E-state index contributed by atoms with van der Waals surface area (Å²) in [4.78, 5) is 11.1. The summed E-state index contributed by atoms with van der Waals surface area (Å²) < 4.78 is 0. The Balaban J connectivity index is 2.44. The second-order valence-corrected chi connectivity index (χ2v) is 3.83. The van der Waals surface area contributed by atoms with Gasteiger partial charge in [-0.15, -0.1) is 0 Å². The van der Waals surface area contributed by atoms with Crippen LogP contribution in [0.2, 0.25) is 0 Å². The van der Waals surface area contributed by atoms with Crippen LogP contribution in [0.5, 0.6) is 0 Å². The predicted octanol–water partition coefficient (Wildman–Crippen LogP) is 1.02. The fourth-order valence-electron chi connectivity index (χ4n) is 0.911. The highest BCUT2D eigenvalue weighted by Gasteiger charge is 2.07. The van der Waals surface area contributed by atoms with Gasteiger partial charge in [-0.1, -0.05) is 0 Å². The Bertz CT molecular complexity index is 294. The molecule has 3 nitrogen and oxygen atoms in total. The number of hydrogen-bond donors (Lipinski definition) is 2. The molecule has 0 aliphatic heterocycles. The van der Waals surface area contributed by atoms with E-state index in [1.807, 2.05) is 12.3 Å². The third kappa shape index (κ3) is 2.82. The van der Waals surface area contributed by atoms with E-state index in [-0.39, 0.29) is 5.91 Å². The monoisotopic (exact) mass is 198 g/mol. The molecule has 0 spiro atoms. The Kier molecular flexibility index (Phi) is 3.45. The molecule has 1 aromatic rings. The summed E-state index contributed by atoms with van der Waals surface area (Å²) in [5.74, 6) is -0.106. The van der Waals surface area contributed by atoms with Crippen LogP contribution in [0, 0.1) is 6.92 Å². The number of nitrogens with two attached hydrogens (primary N) is 1. The Hall–Kier alpha value is -0.870. The van der Waals surface area contributed by atoms with E-state index in [1.54, 1.807) is 18.3 Å². The van der Waals surface area contributed by atoms with Crippen LogP contribution in [0.1, 0.15) is 18.1 Å². The maximum absolute atomic E-state index is 11.1. The van der Waals surface area contributed by atoms with Crippen LogP contribution in [-0.4, -0.2) is 11.9 Å². The van der Waals surface area contributed by atoms with Crippen molar-refractivity contribution in [1.82, 2.24) is 5.32 Å². The van der Waals surface area contributed by atoms with Crippen LogP contribution in [0.3, 0.4) is 0 Å². The molecule has 1 rings (SSSR count). The standard InChI is InChI=1S/C9H14N2OS/c1-6-4-13-5-8(6)3-11-9(12)7(2)10/h4-5,7H,3,10H2,1-2H3,(H,11,12)/t7-/m1/s1. The van der Waals surface area contributed by atoms with Crippen LogP contribution < -0.4 is 11.1 Å². The molecule has 1 aromatic heterocycles. The van der Waals surface area contributed by atoms with Gasteiger partial charge < -0.3 is 11.1 Å². The Morgan fingerprint density at radius 3 is 2.85 bits per heavy atom. The minimum atomic E-state index is -0.432. The second kappa shape index (κ2) is 4.39. The van der Waals surface area contributed by atoms with E-state index >= 15 is 0 Å². The minimum absolute atomic E-state index is 0.106. The minimum Gasteiger partial charge on any atom is -0.351 e. The highest BCUT2D eigenvalue weighted by molar-refractivity contribution is 7.08. The van der Waals surface area contributed by atoms with Gasteiger partial charge in [-0.3, -0.25) is 4.79 Å². The maximum atomic E-state index is 11.1. The molecule has 1 heterocycles. The maximum Gasteiger partial charge on any atom is 0.236 e. The fourth-order valence-corrected chi connectivity index (χ4v) is 1.77. The molecule has 0 radical (unpaired) electrons. The van der Waals surface area contributed by atoms with Crippen LogP contribution in [-0.2, 0) is 11.3 Å². The van der Waals surface area contributed by atoms with Crippen LogP contribution in [0.4, 0.5) is 0 Å². The number of hydrogen-bond acceptors (Lipinski definition) is 3. The predicted molar refractivity (Wildman–Crippen MR) is 54.6 cm³/mol. The van der Waals surface area contributed by atoms with Crippen LogP contribution in [0.25, 0.3) is 0 Å². The molecule has 72 valence electrons. The lowest BCUT2D eigenvalue weighted by Crippen LogP contribution is -2.37. The molecule has 4 heteroatoms. The lowest BCUT2D eigenvalue weighted by Gasteiger charge is -2.06. The van der Waals surface area contributed by atoms with Crippen molar-refractivity contribution in [2.24, 2.45) is 5.73 Å². The SMILES string of the molecule is Cc1cscc1CNC(=O)[C@@H](C)N. The van der Waals surface area contributed by atoms with Crippen molar-refractivity contribution in [2.75, 3.05) is 0 Å². The Morgan fingerprint density at radius 1 is 1.69 bits per heavy atom. The van der Waals surface area contributed by atoms with Gasteiger partial charge in [0, 0.05) is 6.54 Å². The normalized spacial score (nSPS) is 12.5. The first-order valence-corrected chi connectivity index (χ1v) is 5.10. The van der Waals surface area contributed by atoms with Crippen molar-refractivity contribution in [3.8, 4) is 0 Å². The smallest absolute Gasteiger partial charge is 0.236 e. The first kappa shape index (κ1) is 10.2. The number of rotatable bonds is 3. The Labute approximate surface area is 81.9 Å². The first-order chi connectivity index (χ1) is 6.11. The van der Waals surface area contributed by atoms with Gasteiger partial charge in [-0.05, 0) is 35.7 Å². The first-order valence-electron chi connectivity index (χ1n) is 4.16. The summed E-state index contributed by atoms with van der Waals surface area (Å²) in [6, 6.07) is -0.432. The highest BCUT2D eigenvalue weighted by atomic mass is 32.1. The molecule has 0 saturated carbocycles. The zero-order chi connectivity index (χ0) is 9.84. The summed E-state index contributed by atoms with van der Waals surface area (Å²) in [5.41, 5.74) is 7.79.